The fourth-order valence-electron chi connectivity index (χ4n) is 1.22. The highest BCUT2D eigenvalue weighted by Crippen LogP contribution is 1.98. The van der Waals surface area contributed by atoms with E-state index in [1.165, 1.54) is 0 Å². The van der Waals surface area contributed by atoms with Crippen LogP contribution in [-0.2, 0) is 4.79 Å². The van der Waals surface area contributed by atoms with E-state index in [1.54, 1.807) is 18.6 Å². The number of hydrazone groups is 1. The highest BCUT2D eigenvalue weighted by atomic mass is 16.2. The summed E-state index contributed by atoms with van der Waals surface area (Å²) in [5.41, 5.74) is 3.42. The Morgan fingerprint density at radius 3 is 2.88 bits per heavy atom. The zero-order valence-electron chi connectivity index (χ0n) is 9.52. The number of rotatable bonds is 6. The van der Waals surface area contributed by atoms with Crippen LogP contribution in [0, 0.1) is 0 Å². The molecule has 1 aromatic heterocycles. The van der Waals surface area contributed by atoms with Crippen molar-refractivity contribution in [2.45, 2.75) is 32.6 Å². The first-order valence-electron chi connectivity index (χ1n) is 5.55. The maximum Gasteiger partial charge on any atom is 0.240 e. The number of pyridine rings is 1. The summed E-state index contributed by atoms with van der Waals surface area (Å²) in [6, 6.07) is 3.65. The van der Waals surface area contributed by atoms with E-state index in [2.05, 4.69) is 22.4 Å². The highest BCUT2D eigenvalue weighted by molar-refractivity contribution is 5.82. The molecule has 1 N–H and O–H groups in total. The molecule has 0 saturated heterocycles. The summed E-state index contributed by atoms with van der Waals surface area (Å²) in [6.45, 7) is 2.11. The molecule has 1 aromatic rings. The van der Waals surface area contributed by atoms with Crippen LogP contribution in [-0.4, -0.2) is 17.1 Å². The van der Waals surface area contributed by atoms with E-state index >= 15 is 0 Å². The third-order valence-corrected chi connectivity index (χ3v) is 2.12. The summed E-state index contributed by atoms with van der Waals surface area (Å²) >= 11 is 0. The Hall–Kier alpha value is -1.71. The minimum absolute atomic E-state index is 0.0289. The number of unbranched alkanes of at least 4 members (excludes halogenated alkanes) is 2. The highest BCUT2D eigenvalue weighted by Gasteiger charge is 1.97. The molecule has 0 aliphatic carbocycles. The van der Waals surface area contributed by atoms with E-state index in [4.69, 9.17) is 0 Å². The van der Waals surface area contributed by atoms with E-state index in [1.807, 2.05) is 12.1 Å². The third kappa shape index (κ3) is 5.24. The second-order valence-corrected chi connectivity index (χ2v) is 3.53. The molecule has 1 rings (SSSR count). The van der Waals surface area contributed by atoms with E-state index in [0.717, 1.165) is 24.8 Å². The monoisotopic (exact) mass is 219 g/mol. The van der Waals surface area contributed by atoms with Gasteiger partial charge >= 0.3 is 0 Å². The van der Waals surface area contributed by atoms with E-state index in [-0.39, 0.29) is 5.91 Å². The molecule has 0 radical (unpaired) electrons. The molecule has 1 heterocycles. The third-order valence-electron chi connectivity index (χ3n) is 2.12. The zero-order chi connectivity index (χ0) is 11.6. The van der Waals surface area contributed by atoms with Gasteiger partial charge in [0, 0.05) is 18.8 Å². The molecule has 0 bridgehead atoms. The second-order valence-electron chi connectivity index (χ2n) is 3.53. The van der Waals surface area contributed by atoms with Crippen molar-refractivity contribution in [3.05, 3.63) is 30.1 Å². The van der Waals surface area contributed by atoms with E-state index < -0.39 is 0 Å². The molecule has 16 heavy (non-hydrogen) atoms. The first kappa shape index (κ1) is 12.4. The smallest absolute Gasteiger partial charge is 0.240 e. The number of carbonyl (C=O) groups excluding carboxylic acids is 1. The summed E-state index contributed by atoms with van der Waals surface area (Å²) in [5.74, 6) is -0.0289. The lowest BCUT2D eigenvalue weighted by Crippen LogP contribution is -2.16. The molecule has 0 unspecified atom stereocenters. The van der Waals surface area contributed by atoms with Crippen LogP contribution in [0.25, 0.3) is 0 Å². The molecular formula is C12H17N3O. The number of nitrogens with one attached hydrogen (secondary N) is 1. The van der Waals surface area contributed by atoms with Gasteiger partial charge in [0.15, 0.2) is 0 Å². The zero-order valence-corrected chi connectivity index (χ0v) is 9.52. The summed E-state index contributed by atoms with van der Waals surface area (Å²) in [6.07, 6.45) is 8.65. The van der Waals surface area contributed by atoms with Crippen molar-refractivity contribution >= 4 is 12.1 Å². The predicted molar refractivity (Wildman–Crippen MR) is 64.1 cm³/mol. The van der Waals surface area contributed by atoms with Crippen molar-refractivity contribution in [2.24, 2.45) is 5.10 Å². The van der Waals surface area contributed by atoms with Crippen molar-refractivity contribution in [1.29, 1.82) is 0 Å². The largest absolute Gasteiger partial charge is 0.273 e. The van der Waals surface area contributed by atoms with Gasteiger partial charge in [0.1, 0.15) is 0 Å². The SMILES string of the molecule is CCCCCC(=O)N/N=C/c1ccncc1. The minimum Gasteiger partial charge on any atom is -0.273 e. The first-order chi connectivity index (χ1) is 7.83. The van der Waals surface area contributed by atoms with Crippen LogP contribution in [0.4, 0.5) is 0 Å². The van der Waals surface area contributed by atoms with Gasteiger partial charge in [0.25, 0.3) is 0 Å². The van der Waals surface area contributed by atoms with Crippen LogP contribution < -0.4 is 5.43 Å². The molecule has 0 saturated carbocycles. The Labute approximate surface area is 95.8 Å². The minimum atomic E-state index is -0.0289. The predicted octanol–water partition coefficient (Wildman–Crippen LogP) is 2.11. The Kier molecular flexibility index (Phi) is 5.84. The van der Waals surface area contributed by atoms with Gasteiger partial charge in [-0.2, -0.15) is 5.10 Å². The number of hydrogen-bond donors (Lipinski definition) is 1. The second kappa shape index (κ2) is 7.56. The van der Waals surface area contributed by atoms with Gasteiger partial charge < -0.3 is 0 Å². The van der Waals surface area contributed by atoms with E-state index in [0.29, 0.717) is 6.42 Å². The molecular weight excluding hydrogens is 202 g/mol. The molecule has 86 valence electrons. The molecule has 4 heteroatoms. The first-order valence-corrected chi connectivity index (χ1v) is 5.55. The quantitative estimate of drug-likeness (QED) is 0.452. The van der Waals surface area contributed by atoms with Gasteiger partial charge in [-0.15, -0.1) is 0 Å². The van der Waals surface area contributed by atoms with Crippen LogP contribution in [0.3, 0.4) is 0 Å². The molecule has 0 aliphatic heterocycles. The lowest BCUT2D eigenvalue weighted by atomic mass is 10.2. The Balaban J connectivity index is 2.24. The number of nitrogens with zero attached hydrogens (tertiary/aromatic N) is 2. The molecule has 4 nitrogen and oxygen atoms in total. The van der Waals surface area contributed by atoms with Crippen molar-refractivity contribution in [3.8, 4) is 0 Å². The maximum atomic E-state index is 11.3. The lowest BCUT2D eigenvalue weighted by Gasteiger charge is -1.98. The van der Waals surface area contributed by atoms with Crippen LogP contribution in [0.15, 0.2) is 29.6 Å². The Morgan fingerprint density at radius 1 is 1.44 bits per heavy atom. The maximum absolute atomic E-state index is 11.3. The summed E-state index contributed by atoms with van der Waals surface area (Å²) in [5, 5.41) is 3.87. The average Bonchev–Trinajstić information content (AvgIpc) is 2.31. The number of carbonyl (C=O) groups is 1. The standard InChI is InChI=1S/C12H17N3O/c1-2-3-4-5-12(16)15-14-10-11-6-8-13-9-7-11/h6-10H,2-5H2,1H3,(H,15,16)/b14-10+. The van der Waals surface area contributed by atoms with E-state index in [9.17, 15) is 4.79 Å². The van der Waals surface area contributed by atoms with Crippen molar-refractivity contribution in [3.63, 3.8) is 0 Å². The van der Waals surface area contributed by atoms with Crippen molar-refractivity contribution in [2.75, 3.05) is 0 Å². The van der Waals surface area contributed by atoms with Crippen LogP contribution in [0.5, 0.6) is 0 Å². The molecule has 0 aromatic carbocycles. The Morgan fingerprint density at radius 2 is 2.19 bits per heavy atom. The number of aromatic nitrogens is 1. The van der Waals surface area contributed by atoms with Gasteiger partial charge in [-0.05, 0) is 24.1 Å². The molecule has 0 spiro atoms. The van der Waals surface area contributed by atoms with Crippen LogP contribution in [0.1, 0.15) is 38.2 Å². The fourth-order valence-corrected chi connectivity index (χ4v) is 1.22. The summed E-state index contributed by atoms with van der Waals surface area (Å²) < 4.78 is 0. The van der Waals surface area contributed by atoms with Gasteiger partial charge in [0.05, 0.1) is 6.21 Å². The van der Waals surface area contributed by atoms with Gasteiger partial charge in [0.2, 0.25) is 5.91 Å². The van der Waals surface area contributed by atoms with Crippen LogP contribution in [0.2, 0.25) is 0 Å². The topological polar surface area (TPSA) is 54.4 Å². The summed E-state index contributed by atoms with van der Waals surface area (Å²) in [4.78, 5) is 15.2. The Bertz CT molecular complexity index is 335. The lowest BCUT2D eigenvalue weighted by molar-refractivity contribution is -0.121. The average molecular weight is 219 g/mol. The fraction of sp³-hybridized carbons (Fsp3) is 0.417. The van der Waals surface area contributed by atoms with Crippen LogP contribution >= 0.6 is 0 Å². The summed E-state index contributed by atoms with van der Waals surface area (Å²) in [7, 11) is 0. The van der Waals surface area contributed by atoms with Gasteiger partial charge in [-0.1, -0.05) is 19.8 Å². The van der Waals surface area contributed by atoms with Crippen molar-refractivity contribution < 1.29 is 4.79 Å². The van der Waals surface area contributed by atoms with Gasteiger partial charge in [-0.3, -0.25) is 9.78 Å². The van der Waals surface area contributed by atoms with Gasteiger partial charge in [-0.25, -0.2) is 5.43 Å². The molecule has 0 aliphatic rings. The number of hydrogen-bond acceptors (Lipinski definition) is 3. The molecule has 1 amide bonds. The number of amides is 1. The molecule has 0 atom stereocenters. The van der Waals surface area contributed by atoms with Crippen molar-refractivity contribution in [1.82, 2.24) is 10.4 Å². The molecule has 0 fully saturated rings. The normalized spacial score (nSPS) is 10.6.